The Morgan fingerprint density at radius 3 is 2.43 bits per heavy atom. The highest BCUT2D eigenvalue weighted by Crippen LogP contribution is 2.31. The van der Waals surface area contributed by atoms with E-state index in [9.17, 15) is 24.3 Å². The molecule has 0 unspecified atom stereocenters. The zero-order valence-corrected chi connectivity index (χ0v) is 33.2. The maximum absolute atomic E-state index is 14.0. The number of carbonyl (C=O) groups is 4. The standard InChI is InChI=1S/C40H54ClN5O6S/c1-24(14-19-33(42)48)22-52-32-12-9-11-28(35(32)41)10-7-8-13-34(49)45-37(40(4,5)6)39(51)46-21-30(47)20-31(46)38(50)44-25(2)27-15-17-29(18-16-27)36-26(3)43-23-53-36/h9,11-12,15-18,23-25,30-31,37,47H,7-8,10,13-14,19-22H2,1-6H3,(H2,42,48)(H,44,50)(H,45,49)/t24-,25+,30-,31+,37-/m1/s1. The average molecular weight is 768 g/mol. The van der Waals surface area contributed by atoms with Crippen molar-refractivity contribution in [2.75, 3.05) is 13.2 Å². The van der Waals surface area contributed by atoms with Gasteiger partial charge in [-0.25, -0.2) is 4.98 Å². The molecular formula is C40H54ClN5O6S. The lowest BCUT2D eigenvalue weighted by molar-refractivity contribution is -0.144. The molecule has 5 atom stereocenters. The molecule has 2 aromatic carbocycles. The van der Waals surface area contributed by atoms with E-state index in [1.165, 1.54) is 4.90 Å². The van der Waals surface area contributed by atoms with Crippen LogP contribution >= 0.6 is 22.9 Å². The van der Waals surface area contributed by atoms with E-state index in [1.807, 2.05) is 89.5 Å². The van der Waals surface area contributed by atoms with Gasteiger partial charge in [-0.2, -0.15) is 0 Å². The summed E-state index contributed by atoms with van der Waals surface area (Å²) in [6.07, 6.45) is 2.29. The first kappa shape index (κ1) is 41.8. The Kier molecular flexibility index (Phi) is 14.8. The Hall–Kier alpha value is -4.00. The molecule has 4 rings (SSSR count). The van der Waals surface area contributed by atoms with Crippen LogP contribution in [-0.2, 0) is 25.6 Å². The van der Waals surface area contributed by atoms with Crippen LogP contribution in [0, 0.1) is 18.3 Å². The summed E-state index contributed by atoms with van der Waals surface area (Å²) in [5, 5.41) is 17.1. The molecular weight excluding hydrogens is 714 g/mol. The number of β-amino-alcohol motifs (C(OH)–C–C–N with tert-alkyl or cyclic N) is 1. The van der Waals surface area contributed by atoms with E-state index in [0.29, 0.717) is 49.5 Å². The van der Waals surface area contributed by atoms with Crippen molar-refractivity contribution in [1.29, 1.82) is 0 Å². The second-order valence-corrected chi connectivity index (χ2v) is 16.5. The molecule has 0 spiro atoms. The molecule has 3 aromatic rings. The summed E-state index contributed by atoms with van der Waals surface area (Å²) in [4.78, 5) is 58.7. The fraction of sp³-hybridized carbons (Fsp3) is 0.525. The fourth-order valence-corrected chi connectivity index (χ4v) is 7.50. The molecule has 1 aliphatic heterocycles. The molecule has 1 aliphatic rings. The number of aryl methyl sites for hydroxylation is 2. The predicted octanol–water partition coefficient (Wildman–Crippen LogP) is 6.14. The summed E-state index contributed by atoms with van der Waals surface area (Å²) < 4.78 is 5.92. The maximum Gasteiger partial charge on any atom is 0.246 e. The van der Waals surface area contributed by atoms with Gasteiger partial charge in [0.25, 0.3) is 0 Å². The first-order valence-electron chi connectivity index (χ1n) is 18.3. The summed E-state index contributed by atoms with van der Waals surface area (Å²) in [5.74, 6) is -0.637. The van der Waals surface area contributed by atoms with Crippen molar-refractivity contribution in [3.05, 3.63) is 69.8 Å². The minimum Gasteiger partial charge on any atom is -0.492 e. The fourth-order valence-electron chi connectivity index (χ4n) is 6.41. The van der Waals surface area contributed by atoms with Crippen molar-refractivity contribution in [3.8, 4) is 16.2 Å². The van der Waals surface area contributed by atoms with E-state index in [4.69, 9.17) is 22.1 Å². The van der Waals surface area contributed by atoms with E-state index in [1.54, 1.807) is 11.3 Å². The molecule has 2 heterocycles. The number of primary amides is 1. The quantitative estimate of drug-likeness (QED) is 0.120. The topological polar surface area (TPSA) is 164 Å². The molecule has 1 saturated heterocycles. The van der Waals surface area contributed by atoms with E-state index in [0.717, 1.165) is 27.3 Å². The highest BCUT2D eigenvalue weighted by molar-refractivity contribution is 7.13. The van der Waals surface area contributed by atoms with Gasteiger partial charge in [-0.05, 0) is 73.6 Å². The molecule has 0 bridgehead atoms. The number of aliphatic hydroxyl groups excluding tert-OH is 1. The number of benzene rings is 2. The molecule has 1 aromatic heterocycles. The van der Waals surface area contributed by atoms with Crippen LogP contribution in [0.4, 0.5) is 0 Å². The number of rotatable bonds is 17. The second-order valence-electron chi connectivity index (χ2n) is 15.2. The number of hydrogen-bond donors (Lipinski definition) is 4. The van der Waals surface area contributed by atoms with Crippen LogP contribution in [0.2, 0.25) is 5.02 Å². The van der Waals surface area contributed by atoms with E-state index < -0.39 is 29.5 Å². The lowest BCUT2D eigenvalue weighted by atomic mass is 9.85. The first-order chi connectivity index (χ1) is 25.0. The van der Waals surface area contributed by atoms with Crippen LogP contribution in [0.1, 0.15) is 96.0 Å². The van der Waals surface area contributed by atoms with E-state index in [2.05, 4.69) is 15.6 Å². The maximum atomic E-state index is 14.0. The van der Waals surface area contributed by atoms with Crippen molar-refractivity contribution in [3.63, 3.8) is 0 Å². The summed E-state index contributed by atoms with van der Waals surface area (Å²) in [7, 11) is 0. The van der Waals surface area contributed by atoms with Crippen molar-refractivity contribution in [2.45, 2.75) is 111 Å². The molecule has 288 valence electrons. The van der Waals surface area contributed by atoms with Gasteiger partial charge in [0.1, 0.15) is 17.8 Å². The summed E-state index contributed by atoms with van der Waals surface area (Å²) >= 11 is 8.22. The van der Waals surface area contributed by atoms with Gasteiger partial charge < -0.3 is 31.1 Å². The predicted molar refractivity (Wildman–Crippen MR) is 208 cm³/mol. The SMILES string of the molecule is Cc1ncsc1-c1ccc([C@H](C)NC(=O)[C@@H]2C[C@@H](O)CN2C(=O)[C@@H](NC(=O)CCCCc2cccc(OC[C@H](C)CCC(N)=O)c2Cl)C(C)(C)C)cc1. The lowest BCUT2D eigenvalue weighted by Gasteiger charge is -2.35. The summed E-state index contributed by atoms with van der Waals surface area (Å²) in [5.41, 5.74) is 10.3. The molecule has 53 heavy (non-hydrogen) atoms. The van der Waals surface area contributed by atoms with Crippen molar-refractivity contribution in [1.82, 2.24) is 20.5 Å². The Morgan fingerprint density at radius 1 is 1.08 bits per heavy atom. The highest BCUT2D eigenvalue weighted by atomic mass is 35.5. The number of ether oxygens (including phenoxy) is 1. The molecule has 0 radical (unpaired) electrons. The van der Waals surface area contributed by atoms with Gasteiger partial charge in [-0.15, -0.1) is 11.3 Å². The monoisotopic (exact) mass is 767 g/mol. The molecule has 11 nitrogen and oxygen atoms in total. The minimum absolute atomic E-state index is 0.00642. The lowest BCUT2D eigenvalue weighted by Crippen LogP contribution is -2.57. The Bertz CT molecular complexity index is 1720. The van der Waals surface area contributed by atoms with E-state index >= 15 is 0 Å². The third-order valence-electron chi connectivity index (χ3n) is 9.61. The molecule has 1 fully saturated rings. The Balaban J connectivity index is 1.30. The van der Waals surface area contributed by atoms with Gasteiger partial charge in [0, 0.05) is 25.8 Å². The van der Waals surface area contributed by atoms with Crippen LogP contribution in [0.15, 0.2) is 48.0 Å². The van der Waals surface area contributed by atoms with Gasteiger partial charge in [0.2, 0.25) is 23.6 Å². The number of aromatic nitrogens is 1. The van der Waals surface area contributed by atoms with Crippen molar-refractivity contribution >= 4 is 46.6 Å². The molecule has 5 N–H and O–H groups in total. The molecule has 4 amide bonds. The Morgan fingerprint density at radius 2 is 1.79 bits per heavy atom. The first-order valence-corrected chi connectivity index (χ1v) is 19.6. The summed E-state index contributed by atoms with van der Waals surface area (Å²) in [6.45, 7) is 11.9. The number of halogens is 1. The molecule has 0 aliphatic carbocycles. The van der Waals surface area contributed by atoms with Crippen LogP contribution in [0.3, 0.4) is 0 Å². The third kappa shape index (κ3) is 11.7. The van der Waals surface area contributed by atoms with Crippen LogP contribution < -0.4 is 21.1 Å². The van der Waals surface area contributed by atoms with Gasteiger partial charge in [0.05, 0.1) is 39.9 Å². The zero-order chi connectivity index (χ0) is 38.9. The largest absolute Gasteiger partial charge is 0.492 e. The minimum atomic E-state index is -0.899. The van der Waals surface area contributed by atoms with Crippen molar-refractivity contribution < 1.29 is 29.0 Å². The Labute approximate surface area is 322 Å². The van der Waals surface area contributed by atoms with Crippen LogP contribution in [-0.4, -0.2) is 70.0 Å². The second kappa shape index (κ2) is 18.9. The highest BCUT2D eigenvalue weighted by Gasteiger charge is 2.44. The normalized spacial score (nSPS) is 17.5. The molecule has 0 saturated carbocycles. The smallest absolute Gasteiger partial charge is 0.246 e. The van der Waals surface area contributed by atoms with E-state index in [-0.39, 0.29) is 49.1 Å². The van der Waals surface area contributed by atoms with Crippen LogP contribution in [0.5, 0.6) is 5.75 Å². The van der Waals surface area contributed by atoms with Gasteiger partial charge in [-0.3, -0.25) is 19.2 Å². The number of aliphatic hydroxyl groups is 1. The number of unbranched alkanes of at least 4 members (excludes halogenated alkanes) is 1. The van der Waals surface area contributed by atoms with Gasteiger partial charge in [0.15, 0.2) is 0 Å². The number of hydrogen-bond acceptors (Lipinski definition) is 8. The average Bonchev–Trinajstić information content (AvgIpc) is 3.72. The zero-order valence-electron chi connectivity index (χ0n) is 31.6. The van der Waals surface area contributed by atoms with Crippen molar-refractivity contribution in [2.24, 2.45) is 17.1 Å². The number of nitrogens with zero attached hydrogens (tertiary/aromatic N) is 2. The number of amides is 4. The number of nitrogens with two attached hydrogens (primary N) is 1. The number of likely N-dealkylation sites (tertiary alicyclic amines) is 1. The van der Waals surface area contributed by atoms with Gasteiger partial charge in [-0.1, -0.05) is 75.7 Å². The molecule has 13 heteroatoms. The number of nitrogens with one attached hydrogen (secondary N) is 2. The number of thiazole rings is 1. The van der Waals surface area contributed by atoms with Gasteiger partial charge >= 0.3 is 0 Å². The summed E-state index contributed by atoms with van der Waals surface area (Å²) in [6, 6.07) is 11.5. The van der Waals surface area contributed by atoms with Crippen LogP contribution in [0.25, 0.3) is 10.4 Å². The number of carbonyl (C=O) groups excluding carboxylic acids is 4. The third-order valence-corrected chi connectivity index (χ3v) is 11.0.